The Balaban J connectivity index is 1.66. The number of nitrogens with zero attached hydrogens (tertiary/aromatic N) is 2. The van der Waals surface area contributed by atoms with Crippen LogP contribution in [0, 0.1) is 6.92 Å². The third kappa shape index (κ3) is 4.47. The Morgan fingerprint density at radius 3 is 2.62 bits per heavy atom. The van der Waals surface area contributed by atoms with Gasteiger partial charge in [-0.05, 0) is 50.2 Å². The number of hydrogen-bond acceptors (Lipinski definition) is 6. The number of aromatic nitrogens is 2. The zero-order valence-corrected chi connectivity index (χ0v) is 14.9. The molecule has 0 fully saturated rings. The fourth-order valence-corrected chi connectivity index (χ4v) is 2.54. The van der Waals surface area contributed by atoms with Crippen molar-refractivity contribution in [3.8, 4) is 5.75 Å². The first-order valence-corrected chi connectivity index (χ1v) is 8.54. The first kappa shape index (κ1) is 17.7. The van der Waals surface area contributed by atoms with Gasteiger partial charge in [0.1, 0.15) is 17.4 Å². The van der Waals surface area contributed by atoms with Crippen LogP contribution in [0.15, 0.2) is 48.5 Å². The number of carbonyl (C=O) groups excluding carboxylic acids is 1. The summed E-state index contributed by atoms with van der Waals surface area (Å²) in [7, 11) is 0. The maximum Gasteiger partial charge on any atom is 0.309 e. The highest BCUT2D eigenvalue weighted by Gasteiger charge is 2.06. The van der Waals surface area contributed by atoms with E-state index in [9.17, 15) is 4.79 Å². The molecule has 0 aliphatic carbocycles. The van der Waals surface area contributed by atoms with Gasteiger partial charge in [0.05, 0.1) is 25.2 Å². The van der Waals surface area contributed by atoms with Crippen LogP contribution in [0.4, 0.5) is 11.5 Å². The van der Waals surface area contributed by atoms with Crippen molar-refractivity contribution in [1.82, 2.24) is 9.97 Å². The van der Waals surface area contributed by atoms with Crippen LogP contribution in [0.3, 0.4) is 0 Å². The third-order valence-corrected chi connectivity index (χ3v) is 3.71. The second kappa shape index (κ2) is 8.29. The number of fused-ring (bicyclic) bond motifs is 1. The highest BCUT2D eigenvalue weighted by atomic mass is 16.5. The number of anilines is 2. The average Bonchev–Trinajstić information content (AvgIpc) is 2.63. The molecule has 0 aliphatic rings. The lowest BCUT2D eigenvalue weighted by molar-refractivity contribution is -0.143. The van der Waals surface area contributed by atoms with E-state index in [1.807, 2.05) is 55.5 Å². The van der Waals surface area contributed by atoms with Gasteiger partial charge in [0.2, 0.25) is 0 Å². The van der Waals surface area contributed by atoms with Crippen LogP contribution < -0.4 is 10.1 Å². The Kier molecular flexibility index (Phi) is 5.63. The van der Waals surface area contributed by atoms with Gasteiger partial charge in [-0.15, -0.1) is 0 Å². The molecule has 0 saturated carbocycles. The maximum absolute atomic E-state index is 11.3. The van der Waals surface area contributed by atoms with Crippen molar-refractivity contribution in [1.29, 1.82) is 0 Å². The summed E-state index contributed by atoms with van der Waals surface area (Å²) in [6.45, 7) is 4.34. The number of ether oxygens (including phenoxy) is 2. The topological polar surface area (TPSA) is 73.3 Å². The van der Waals surface area contributed by atoms with E-state index >= 15 is 0 Å². The molecule has 6 nitrogen and oxygen atoms in total. The van der Waals surface area contributed by atoms with E-state index in [1.165, 1.54) is 0 Å². The van der Waals surface area contributed by atoms with E-state index in [2.05, 4.69) is 15.3 Å². The molecule has 1 N–H and O–H groups in total. The Labute approximate surface area is 152 Å². The molecule has 0 atom stereocenters. The molecule has 0 aliphatic heterocycles. The van der Waals surface area contributed by atoms with E-state index in [1.54, 1.807) is 6.92 Å². The maximum atomic E-state index is 11.3. The summed E-state index contributed by atoms with van der Waals surface area (Å²) >= 11 is 0. The molecular weight excluding hydrogens is 330 g/mol. The summed E-state index contributed by atoms with van der Waals surface area (Å²) in [5.41, 5.74) is 1.80. The van der Waals surface area contributed by atoms with E-state index in [0.29, 0.717) is 24.8 Å². The van der Waals surface area contributed by atoms with Crippen molar-refractivity contribution in [2.75, 3.05) is 18.5 Å². The molecule has 3 aromatic rings. The fourth-order valence-electron chi connectivity index (χ4n) is 2.54. The molecule has 1 aromatic heterocycles. The predicted octanol–water partition coefficient (Wildman–Crippen LogP) is 4.01. The lowest BCUT2D eigenvalue weighted by Crippen LogP contribution is -2.09. The van der Waals surface area contributed by atoms with Crippen molar-refractivity contribution < 1.29 is 14.3 Å². The number of para-hydroxylation sites is 1. The van der Waals surface area contributed by atoms with Crippen LogP contribution in [-0.4, -0.2) is 29.2 Å². The van der Waals surface area contributed by atoms with Crippen LogP contribution in [0.1, 0.15) is 19.2 Å². The molecule has 134 valence electrons. The quantitative estimate of drug-likeness (QED) is 0.648. The summed E-state index contributed by atoms with van der Waals surface area (Å²) in [5.74, 6) is 1.93. The van der Waals surface area contributed by atoms with E-state index in [4.69, 9.17) is 9.47 Å². The van der Waals surface area contributed by atoms with Gasteiger partial charge in [0.15, 0.2) is 0 Å². The molecule has 0 bridgehead atoms. The summed E-state index contributed by atoms with van der Waals surface area (Å²) in [6, 6.07) is 15.4. The lowest BCUT2D eigenvalue weighted by atomic mass is 10.2. The molecule has 0 amide bonds. The Morgan fingerprint density at radius 1 is 1.08 bits per heavy atom. The van der Waals surface area contributed by atoms with Crippen molar-refractivity contribution in [2.45, 2.75) is 20.3 Å². The second-order valence-corrected chi connectivity index (χ2v) is 5.69. The minimum atomic E-state index is -0.253. The van der Waals surface area contributed by atoms with Gasteiger partial charge >= 0.3 is 5.97 Å². The summed E-state index contributed by atoms with van der Waals surface area (Å²) in [6.07, 6.45) is 0.236. The zero-order chi connectivity index (χ0) is 18.4. The first-order valence-electron chi connectivity index (χ1n) is 8.54. The molecule has 0 unspecified atom stereocenters. The first-order chi connectivity index (χ1) is 12.7. The van der Waals surface area contributed by atoms with E-state index in [-0.39, 0.29) is 12.4 Å². The van der Waals surface area contributed by atoms with Gasteiger partial charge in [-0.2, -0.15) is 0 Å². The van der Waals surface area contributed by atoms with Gasteiger partial charge in [0, 0.05) is 11.1 Å². The average molecular weight is 351 g/mol. The SMILES string of the molecule is CCOC(=O)CCOc1ccc(Nc2nc(C)nc3ccccc23)cc1. The van der Waals surface area contributed by atoms with Gasteiger partial charge in [-0.25, -0.2) is 9.97 Å². The lowest BCUT2D eigenvalue weighted by Gasteiger charge is -2.11. The Morgan fingerprint density at radius 2 is 1.85 bits per heavy atom. The number of benzene rings is 2. The van der Waals surface area contributed by atoms with E-state index in [0.717, 1.165) is 22.4 Å². The van der Waals surface area contributed by atoms with Crippen molar-refractivity contribution >= 4 is 28.4 Å². The molecule has 0 saturated heterocycles. The van der Waals surface area contributed by atoms with Crippen LogP contribution in [0.5, 0.6) is 5.75 Å². The smallest absolute Gasteiger partial charge is 0.309 e. The number of nitrogens with one attached hydrogen (secondary N) is 1. The normalized spacial score (nSPS) is 10.5. The largest absolute Gasteiger partial charge is 0.493 e. The molecule has 0 spiro atoms. The Hall–Kier alpha value is -3.15. The summed E-state index contributed by atoms with van der Waals surface area (Å²) in [5, 5.41) is 4.29. The zero-order valence-electron chi connectivity index (χ0n) is 14.9. The molecule has 0 radical (unpaired) electrons. The molecule has 26 heavy (non-hydrogen) atoms. The van der Waals surface area contributed by atoms with Crippen LogP contribution in [0.2, 0.25) is 0 Å². The van der Waals surface area contributed by atoms with Crippen molar-refractivity contribution in [3.63, 3.8) is 0 Å². The standard InChI is InChI=1S/C20H21N3O3/c1-3-25-19(24)12-13-26-16-10-8-15(9-11-16)23-20-17-6-4-5-7-18(17)21-14(2)22-20/h4-11H,3,12-13H2,1-2H3,(H,21,22,23). The number of carbonyl (C=O) groups is 1. The Bertz CT molecular complexity index is 894. The number of rotatable bonds is 7. The summed E-state index contributed by atoms with van der Waals surface area (Å²) in [4.78, 5) is 20.2. The number of hydrogen-bond donors (Lipinski definition) is 1. The number of aryl methyl sites for hydroxylation is 1. The highest BCUT2D eigenvalue weighted by Crippen LogP contribution is 2.25. The number of esters is 1. The molecule has 2 aromatic carbocycles. The van der Waals surface area contributed by atoms with Crippen molar-refractivity contribution in [3.05, 3.63) is 54.4 Å². The minimum absolute atomic E-state index is 0.236. The highest BCUT2D eigenvalue weighted by molar-refractivity contribution is 5.90. The predicted molar refractivity (Wildman–Crippen MR) is 101 cm³/mol. The molecule has 3 rings (SSSR count). The monoisotopic (exact) mass is 351 g/mol. The van der Waals surface area contributed by atoms with Gasteiger partial charge in [0.25, 0.3) is 0 Å². The molecule has 6 heteroatoms. The van der Waals surface area contributed by atoms with Crippen LogP contribution in [-0.2, 0) is 9.53 Å². The second-order valence-electron chi connectivity index (χ2n) is 5.69. The molecule has 1 heterocycles. The van der Waals surface area contributed by atoms with Crippen LogP contribution >= 0.6 is 0 Å². The van der Waals surface area contributed by atoms with Gasteiger partial charge < -0.3 is 14.8 Å². The third-order valence-electron chi connectivity index (χ3n) is 3.71. The van der Waals surface area contributed by atoms with E-state index < -0.39 is 0 Å². The fraction of sp³-hybridized carbons (Fsp3) is 0.250. The minimum Gasteiger partial charge on any atom is -0.493 e. The molecular formula is C20H21N3O3. The van der Waals surface area contributed by atoms with Gasteiger partial charge in [-0.1, -0.05) is 12.1 Å². The summed E-state index contributed by atoms with van der Waals surface area (Å²) < 4.78 is 10.4. The van der Waals surface area contributed by atoms with Gasteiger partial charge in [-0.3, -0.25) is 4.79 Å². The van der Waals surface area contributed by atoms with Crippen LogP contribution in [0.25, 0.3) is 10.9 Å². The van der Waals surface area contributed by atoms with Crippen molar-refractivity contribution in [2.24, 2.45) is 0 Å².